The number of hydrogen-bond donors (Lipinski definition) is 1. The summed E-state index contributed by atoms with van der Waals surface area (Å²) in [5, 5.41) is 2.57. The zero-order valence-electron chi connectivity index (χ0n) is 15.9. The third-order valence-corrected chi connectivity index (χ3v) is 5.00. The van der Waals surface area contributed by atoms with Gasteiger partial charge in [0.05, 0.1) is 12.7 Å². The summed E-state index contributed by atoms with van der Waals surface area (Å²) in [5.41, 5.74) is 2.00. The number of rotatable bonds is 4. The van der Waals surface area contributed by atoms with Crippen molar-refractivity contribution in [1.82, 2.24) is 4.90 Å². The van der Waals surface area contributed by atoms with Gasteiger partial charge in [-0.3, -0.25) is 9.59 Å². The molecule has 1 aliphatic rings. The number of carbonyl (C=O) groups is 3. The summed E-state index contributed by atoms with van der Waals surface area (Å²) in [4.78, 5) is 38.0. The van der Waals surface area contributed by atoms with E-state index in [0.29, 0.717) is 30.3 Å². The Hall–Kier alpha value is -3.15. The fourth-order valence-electron chi connectivity index (χ4n) is 3.46. The van der Waals surface area contributed by atoms with Crippen LogP contribution >= 0.6 is 0 Å². The van der Waals surface area contributed by atoms with Crippen molar-refractivity contribution in [3.63, 3.8) is 0 Å². The largest absolute Gasteiger partial charge is 0.465 e. The van der Waals surface area contributed by atoms with E-state index in [1.165, 1.54) is 18.7 Å². The molecule has 0 spiro atoms. The maximum absolute atomic E-state index is 12.5. The highest BCUT2D eigenvalue weighted by molar-refractivity contribution is 6.39. The van der Waals surface area contributed by atoms with E-state index >= 15 is 0 Å². The molecule has 28 heavy (non-hydrogen) atoms. The molecule has 0 aromatic heterocycles. The summed E-state index contributed by atoms with van der Waals surface area (Å²) >= 11 is 0. The minimum atomic E-state index is -0.691. The monoisotopic (exact) mass is 380 g/mol. The van der Waals surface area contributed by atoms with Crippen LogP contribution in [0.1, 0.15) is 28.8 Å². The van der Waals surface area contributed by atoms with Crippen LogP contribution in [0.25, 0.3) is 0 Å². The third-order valence-electron chi connectivity index (χ3n) is 5.00. The van der Waals surface area contributed by atoms with Crippen LogP contribution in [0.3, 0.4) is 0 Å². The molecule has 0 bridgehead atoms. The van der Waals surface area contributed by atoms with E-state index < -0.39 is 17.8 Å². The van der Waals surface area contributed by atoms with E-state index in [9.17, 15) is 14.4 Å². The molecule has 2 aromatic rings. The fraction of sp³-hybridized carbons (Fsp3) is 0.318. The van der Waals surface area contributed by atoms with Crippen molar-refractivity contribution < 1.29 is 19.1 Å². The highest BCUT2D eigenvalue weighted by Gasteiger charge is 2.27. The molecule has 0 aliphatic carbocycles. The first-order valence-corrected chi connectivity index (χ1v) is 9.39. The van der Waals surface area contributed by atoms with Crippen molar-refractivity contribution in [3.8, 4) is 0 Å². The van der Waals surface area contributed by atoms with Gasteiger partial charge >= 0.3 is 17.8 Å². The summed E-state index contributed by atoms with van der Waals surface area (Å²) in [7, 11) is 1.29. The van der Waals surface area contributed by atoms with E-state index in [1.807, 2.05) is 18.2 Å². The van der Waals surface area contributed by atoms with Crippen LogP contribution in [0.2, 0.25) is 0 Å². The Balaban J connectivity index is 1.52. The van der Waals surface area contributed by atoms with Gasteiger partial charge in [0.2, 0.25) is 0 Å². The van der Waals surface area contributed by atoms with Crippen molar-refractivity contribution in [1.29, 1.82) is 0 Å². The van der Waals surface area contributed by atoms with E-state index in [2.05, 4.69) is 22.2 Å². The topological polar surface area (TPSA) is 75.7 Å². The number of carbonyl (C=O) groups excluding carboxylic acids is 3. The van der Waals surface area contributed by atoms with Gasteiger partial charge in [-0.25, -0.2) is 4.79 Å². The van der Waals surface area contributed by atoms with Crippen molar-refractivity contribution in [2.75, 3.05) is 25.5 Å². The Kier molecular flexibility index (Phi) is 6.42. The molecule has 6 heteroatoms. The number of anilines is 1. The number of piperidine rings is 1. The molecule has 1 saturated heterocycles. The van der Waals surface area contributed by atoms with Crippen LogP contribution in [-0.2, 0) is 20.7 Å². The van der Waals surface area contributed by atoms with Crippen LogP contribution < -0.4 is 5.32 Å². The second-order valence-electron chi connectivity index (χ2n) is 6.95. The summed E-state index contributed by atoms with van der Waals surface area (Å²) in [5.74, 6) is -1.21. The number of likely N-dealkylation sites (tertiary alicyclic amines) is 1. The van der Waals surface area contributed by atoms with Crippen LogP contribution in [-0.4, -0.2) is 42.9 Å². The SMILES string of the molecule is COC(=O)c1cccc(NC(=O)C(=O)N2CCC(Cc3ccccc3)CC2)c1. The second-order valence-corrected chi connectivity index (χ2v) is 6.95. The lowest BCUT2D eigenvalue weighted by Gasteiger charge is -2.31. The van der Waals surface area contributed by atoms with Crippen LogP contribution in [0.15, 0.2) is 54.6 Å². The Bertz CT molecular complexity index is 843. The number of esters is 1. The minimum Gasteiger partial charge on any atom is -0.465 e. The number of methoxy groups -OCH3 is 1. The molecule has 0 unspecified atom stereocenters. The Morgan fingerprint density at radius 2 is 1.75 bits per heavy atom. The molecule has 1 aliphatic heterocycles. The summed E-state index contributed by atoms with van der Waals surface area (Å²) in [6.07, 6.45) is 2.76. The lowest BCUT2D eigenvalue weighted by Crippen LogP contribution is -2.44. The fourth-order valence-corrected chi connectivity index (χ4v) is 3.46. The van der Waals surface area contributed by atoms with E-state index in [0.717, 1.165) is 19.3 Å². The van der Waals surface area contributed by atoms with Gasteiger partial charge in [0.15, 0.2) is 0 Å². The lowest BCUT2D eigenvalue weighted by molar-refractivity contribution is -0.144. The van der Waals surface area contributed by atoms with Gasteiger partial charge < -0.3 is 15.0 Å². The van der Waals surface area contributed by atoms with E-state index in [-0.39, 0.29) is 0 Å². The average Bonchev–Trinajstić information content (AvgIpc) is 2.74. The van der Waals surface area contributed by atoms with Crippen LogP contribution in [0.5, 0.6) is 0 Å². The molecule has 0 saturated carbocycles. The quantitative estimate of drug-likeness (QED) is 0.654. The van der Waals surface area contributed by atoms with Gasteiger partial charge in [-0.2, -0.15) is 0 Å². The molecular weight excluding hydrogens is 356 g/mol. The molecule has 2 aromatic carbocycles. The van der Waals surface area contributed by atoms with Gasteiger partial charge in [-0.15, -0.1) is 0 Å². The van der Waals surface area contributed by atoms with E-state index in [4.69, 9.17) is 0 Å². The Labute approximate surface area is 164 Å². The predicted molar refractivity (Wildman–Crippen MR) is 106 cm³/mol. The van der Waals surface area contributed by atoms with Crippen LogP contribution in [0.4, 0.5) is 5.69 Å². The summed E-state index contributed by atoms with van der Waals surface area (Å²) < 4.78 is 4.66. The number of amides is 2. The number of nitrogens with zero attached hydrogens (tertiary/aromatic N) is 1. The van der Waals surface area contributed by atoms with Crippen molar-refractivity contribution in [2.45, 2.75) is 19.3 Å². The van der Waals surface area contributed by atoms with Crippen molar-refractivity contribution >= 4 is 23.5 Å². The third kappa shape index (κ3) is 4.97. The molecule has 1 fully saturated rings. The smallest absolute Gasteiger partial charge is 0.337 e. The Morgan fingerprint density at radius 3 is 2.43 bits per heavy atom. The molecular formula is C22H24N2O4. The maximum Gasteiger partial charge on any atom is 0.337 e. The summed E-state index contributed by atoms with van der Waals surface area (Å²) in [6.45, 7) is 1.15. The minimum absolute atomic E-state index is 0.314. The molecule has 1 heterocycles. The van der Waals surface area contributed by atoms with Gasteiger partial charge in [-0.1, -0.05) is 36.4 Å². The lowest BCUT2D eigenvalue weighted by atomic mass is 9.90. The van der Waals surface area contributed by atoms with Crippen molar-refractivity contribution in [3.05, 3.63) is 65.7 Å². The molecule has 0 atom stereocenters. The molecule has 1 N–H and O–H groups in total. The zero-order valence-corrected chi connectivity index (χ0v) is 15.9. The number of ether oxygens (including phenoxy) is 1. The second kappa shape index (κ2) is 9.17. The van der Waals surface area contributed by atoms with Crippen LogP contribution in [0, 0.1) is 5.92 Å². The highest BCUT2D eigenvalue weighted by Crippen LogP contribution is 2.22. The summed E-state index contributed by atoms with van der Waals surface area (Å²) in [6, 6.07) is 16.6. The first-order valence-electron chi connectivity index (χ1n) is 9.39. The average molecular weight is 380 g/mol. The predicted octanol–water partition coefficient (Wildman–Crippen LogP) is 2.89. The van der Waals surface area contributed by atoms with Gasteiger partial charge in [0.25, 0.3) is 0 Å². The number of hydrogen-bond acceptors (Lipinski definition) is 4. The van der Waals surface area contributed by atoms with Gasteiger partial charge in [0.1, 0.15) is 0 Å². The van der Waals surface area contributed by atoms with Crippen molar-refractivity contribution in [2.24, 2.45) is 5.92 Å². The molecule has 0 radical (unpaired) electrons. The normalized spacial score (nSPS) is 14.4. The molecule has 6 nitrogen and oxygen atoms in total. The Morgan fingerprint density at radius 1 is 1.04 bits per heavy atom. The van der Waals surface area contributed by atoms with Gasteiger partial charge in [0, 0.05) is 18.8 Å². The standard InChI is InChI=1S/C22H24N2O4/c1-28-22(27)18-8-5-9-19(15-18)23-20(25)21(26)24-12-10-17(11-13-24)14-16-6-3-2-4-7-16/h2-9,15,17H,10-14H2,1H3,(H,23,25). The number of benzene rings is 2. The van der Waals surface area contributed by atoms with E-state index in [1.54, 1.807) is 23.1 Å². The first-order chi connectivity index (χ1) is 13.6. The molecule has 2 amide bonds. The number of nitrogens with one attached hydrogen (secondary N) is 1. The highest BCUT2D eigenvalue weighted by atomic mass is 16.5. The molecule has 146 valence electrons. The first kappa shape index (κ1) is 19.6. The van der Waals surface area contributed by atoms with Gasteiger partial charge in [-0.05, 0) is 48.9 Å². The maximum atomic E-state index is 12.5. The zero-order chi connectivity index (χ0) is 19.9. The molecule has 3 rings (SSSR count).